The SMILES string of the molecule is O=C(O)C(Cc1c[nH]c2ccccc12)N1C(=O)/C(=C/c2ccc(OCc3ccc(Br)cc3)cc2)SC1=S. The van der Waals surface area contributed by atoms with E-state index in [2.05, 4.69) is 20.9 Å². The molecule has 0 aliphatic carbocycles. The van der Waals surface area contributed by atoms with Gasteiger partial charge in [-0.2, -0.15) is 0 Å². The minimum Gasteiger partial charge on any atom is -0.489 e. The molecule has 0 radical (unpaired) electrons. The zero-order valence-corrected chi connectivity index (χ0v) is 22.6. The van der Waals surface area contributed by atoms with Crippen molar-refractivity contribution in [3.05, 3.63) is 105 Å². The van der Waals surface area contributed by atoms with E-state index >= 15 is 0 Å². The Morgan fingerprint density at radius 3 is 2.57 bits per heavy atom. The number of amides is 1. The molecule has 1 saturated heterocycles. The minimum atomic E-state index is -1.10. The lowest BCUT2D eigenvalue weighted by Crippen LogP contribution is -2.45. The number of hydrogen-bond donors (Lipinski definition) is 2. The number of hydrogen-bond acceptors (Lipinski definition) is 5. The van der Waals surface area contributed by atoms with Gasteiger partial charge in [0.2, 0.25) is 0 Å². The lowest BCUT2D eigenvalue weighted by atomic mass is 10.0. The number of carboxylic acid groups (broad SMARTS) is 1. The second-order valence-corrected chi connectivity index (χ2v) is 11.0. The van der Waals surface area contributed by atoms with Crippen LogP contribution in [-0.4, -0.2) is 37.2 Å². The molecule has 0 bridgehead atoms. The molecule has 3 aromatic carbocycles. The van der Waals surface area contributed by atoms with Crippen LogP contribution in [0.2, 0.25) is 0 Å². The number of aromatic amines is 1. The molecule has 9 heteroatoms. The van der Waals surface area contributed by atoms with Gasteiger partial charge < -0.3 is 14.8 Å². The Bertz CT molecular complexity index is 1510. The van der Waals surface area contributed by atoms with Crippen LogP contribution >= 0.6 is 39.9 Å². The Hall–Kier alpha value is -3.40. The van der Waals surface area contributed by atoms with Crippen molar-refractivity contribution < 1.29 is 19.4 Å². The molecule has 4 aromatic rings. The number of para-hydroxylation sites is 1. The maximum absolute atomic E-state index is 13.3. The first-order chi connectivity index (χ1) is 17.9. The number of thiocarbonyl (C=S) groups is 1. The third-order valence-corrected chi connectivity index (χ3v) is 7.86. The maximum atomic E-state index is 13.3. The molecule has 1 atom stereocenters. The highest BCUT2D eigenvalue weighted by atomic mass is 79.9. The number of halogens is 1. The Morgan fingerprint density at radius 1 is 1.11 bits per heavy atom. The van der Waals surface area contributed by atoms with Crippen LogP contribution < -0.4 is 4.74 Å². The highest BCUT2D eigenvalue weighted by Crippen LogP contribution is 2.35. The predicted molar refractivity (Wildman–Crippen MR) is 153 cm³/mol. The number of nitrogens with one attached hydrogen (secondary N) is 1. The highest BCUT2D eigenvalue weighted by molar-refractivity contribution is 9.10. The summed E-state index contributed by atoms with van der Waals surface area (Å²) in [5.74, 6) is -0.801. The summed E-state index contributed by atoms with van der Waals surface area (Å²) in [5, 5.41) is 10.9. The van der Waals surface area contributed by atoms with Crippen molar-refractivity contribution in [2.24, 2.45) is 0 Å². The van der Waals surface area contributed by atoms with E-state index in [1.807, 2.05) is 72.8 Å². The number of thioether (sulfide) groups is 1. The lowest BCUT2D eigenvalue weighted by Gasteiger charge is -2.23. The largest absolute Gasteiger partial charge is 0.489 e. The second kappa shape index (κ2) is 10.9. The molecule has 37 heavy (non-hydrogen) atoms. The summed E-state index contributed by atoms with van der Waals surface area (Å²) in [5.41, 5.74) is 3.58. The smallest absolute Gasteiger partial charge is 0.327 e. The van der Waals surface area contributed by atoms with E-state index in [4.69, 9.17) is 17.0 Å². The lowest BCUT2D eigenvalue weighted by molar-refractivity contribution is -0.145. The molecule has 1 aliphatic heterocycles. The molecule has 0 spiro atoms. The molecule has 2 heterocycles. The molecule has 2 N–H and O–H groups in total. The van der Waals surface area contributed by atoms with Gasteiger partial charge in [-0.3, -0.25) is 9.69 Å². The third kappa shape index (κ3) is 5.64. The van der Waals surface area contributed by atoms with Crippen molar-refractivity contribution in [1.82, 2.24) is 9.88 Å². The zero-order chi connectivity index (χ0) is 25.9. The van der Waals surface area contributed by atoms with Crippen molar-refractivity contribution in [1.29, 1.82) is 0 Å². The topological polar surface area (TPSA) is 82.6 Å². The van der Waals surface area contributed by atoms with Gasteiger partial charge in [0, 0.05) is 28.0 Å². The van der Waals surface area contributed by atoms with Crippen molar-refractivity contribution in [2.45, 2.75) is 19.1 Å². The van der Waals surface area contributed by atoms with E-state index in [1.54, 1.807) is 12.3 Å². The molecule has 1 amide bonds. The van der Waals surface area contributed by atoms with Crippen LogP contribution in [0, 0.1) is 0 Å². The summed E-state index contributed by atoms with van der Waals surface area (Å²) < 4.78 is 7.09. The second-order valence-electron chi connectivity index (χ2n) is 8.45. The third-order valence-electron chi connectivity index (χ3n) is 6.01. The summed E-state index contributed by atoms with van der Waals surface area (Å²) in [6, 6.07) is 21.8. The van der Waals surface area contributed by atoms with Crippen molar-refractivity contribution in [2.75, 3.05) is 0 Å². The van der Waals surface area contributed by atoms with Gasteiger partial charge in [0.15, 0.2) is 0 Å². The van der Waals surface area contributed by atoms with Crippen LogP contribution in [0.1, 0.15) is 16.7 Å². The van der Waals surface area contributed by atoms with E-state index in [0.717, 1.165) is 43.8 Å². The van der Waals surface area contributed by atoms with Crippen molar-refractivity contribution in [3.63, 3.8) is 0 Å². The first kappa shape index (κ1) is 25.3. The molecule has 1 unspecified atom stereocenters. The summed E-state index contributed by atoms with van der Waals surface area (Å²) in [7, 11) is 0. The number of aromatic nitrogens is 1. The molecule has 6 nitrogen and oxygen atoms in total. The zero-order valence-electron chi connectivity index (χ0n) is 19.4. The number of carbonyl (C=O) groups excluding carboxylic acids is 1. The van der Waals surface area contributed by atoms with E-state index < -0.39 is 17.9 Å². The number of fused-ring (bicyclic) bond motifs is 1. The van der Waals surface area contributed by atoms with Crippen LogP contribution in [0.5, 0.6) is 5.75 Å². The molecule has 5 rings (SSSR count). The summed E-state index contributed by atoms with van der Waals surface area (Å²) >= 11 is 9.97. The normalized spacial score (nSPS) is 15.5. The number of benzene rings is 3. The fourth-order valence-corrected chi connectivity index (χ4v) is 5.73. The van der Waals surface area contributed by atoms with Gasteiger partial charge >= 0.3 is 5.97 Å². The van der Waals surface area contributed by atoms with E-state index in [9.17, 15) is 14.7 Å². The van der Waals surface area contributed by atoms with Crippen molar-refractivity contribution in [3.8, 4) is 5.75 Å². The van der Waals surface area contributed by atoms with Crippen LogP contribution in [0.4, 0.5) is 0 Å². The number of H-pyrrole nitrogens is 1. The Labute approximate surface area is 231 Å². The minimum absolute atomic E-state index is 0.142. The fraction of sp³-hybridized carbons (Fsp3) is 0.107. The van der Waals surface area contributed by atoms with Gasteiger partial charge in [-0.25, -0.2) is 4.79 Å². The number of nitrogens with zero attached hydrogens (tertiary/aromatic N) is 1. The molecule has 186 valence electrons. The fourth-order valence-electron chi connectivity index (χ4n) is 4.11. The highest BCUT2D eigenvalue weighted by Gasteiger charge is 2.40. The first-order valence-corrected chi connectivity index (χ1v) is 13.4. The molecule has 1 aliphatic rings. The van der Waals surface area contributed by atoms with Gasteiger partial charge in [0.1, 0.15) is 22.7 Å². The number of rotatable bonds is 8. The molecule has 0 saturated carbocycles. The number of aliphatic carboxylic acids is 1. The Kier molecular flexibility index (Phi) is 7.45. The van der Waals surface area contributed by atoms with E-state index in [1.165, 1.54) is 4.90 Å². The molecular formula is C28H21BrN2O4S2. The average molecular weight is 594 g/mol. The monoisotopic (exact) mass is 592 g/mol. The summed E-state index contributed by atoms with van der Waals surface area (Å²) in [6.07, 6.45) is 3.65. The van der Waals surface area contributed by atoms with Crippen LogP contribution in [0.15, 0.2) is 88.4 Å². The Balaban J connectivity index is 1.29. The van der Waals surface area contributed by atoms with Gasteiger partial charge in [-0.1, -0.05) is 82.4 Å². The standard InChI is InChI=1S/C28H21BrN2O4S2/c29-20-9-5-18(6-10-20)16-35-21-11-7-17(8-12-21)13-25-26(32)31(28(36)37-25)24(27(33)34)14-19-15-30-23-4-2-1-3-22(19)23/h1-13,15,24,30H,14,16H2,(H,33,34)/b25-13-. The van der Waals surface area contributed by atoms with E-state index in [0.29, 0.717) is 17.3 Å². The number of ether oxygens (including phenoxy) is 1. The first-order valence-electron chi connectivity index (χ1n) is 11.4. The maximum Gasteiger partial charge on any atom is 0.327 e. The van der Waals surface area contributed by atoms with Crippen LogP contribution in [0.3, 0.4) is 0 Å². The summed E-state index contributed by atoms with van der Waals surface area (Å²) in [6.45, 7) is 0.443. The average Bonchev–Trinajstić information content (AvgIpc) is 3.42. The van der Waals surface area contributed by atoms with Gasteiger partial charge in [-0.05, 0) is 53.1 Å². The predicted octanol–water partition coefficient (Wildman–Crippen LogP) is 6.41. The molecular weight excluding hydrogens is 572 g/mol. The quantitative estimate of drug-likeness (QED) is 0.182. The number of carboxylic acids is 1. The molecule has 1 fully saturated rings. The van der Waals surface area contributed by atoms with E-state index in [-0.39, 0.29) is 10.7 Å². The Morgan fingerprint density at radius 2 is 1.84 bits per heavy atom. The number of carbonyl (C=O) groups is 2. The molecule has 1 aromatic heterocycles. The van der Waals surface area contributed by atoms with Crippen molar-refractivity contribution >= 4 is 73.1 Å². The van der Waals surface area contributed by atoms with Gasteiger partial charge in [0.25, 0.3) is 5.91 Å². The van der Waals surface area contributed by atoms with Crippen LogP contribution in [0.25, 0.3) is 17.0 Å². The van der Waals surface area contributed by atoms with Crippen LogP contribution in [-0.2, 0) is 22.6 Å². The van der Waals surface area contributed by atoms with Gasteiger partial charge in [-0.15, -0.1) is 0 Å². The van der Waals surface area contributed by atoms with Gasteiger partial charge in [0.05, 0.1) is 4.91 Å². The summed E-state index contributed by atoms with van der Waals surface area (Å²) in [4.78, 5) is 30.2.